The molecule has 2 rings (SSSR count). The van der Waals surface area contributed by atoms with Crippen molar-refractivity contribution in [1.29, 1.82) is 0 Å². The van der Waals surface area contributed by atoms with Gasteiger partial charge in [-0.2, -0.15) is 0 Å². The van der Waals surface area contributed by atoms with Crippen molar-refractivity contribution >= 4 is 0 Å². The van der Waals surface area contributed by atoms with Gasteiger partial charge in [0.05, 0.1) is 5.60 Å². The SMILES string of the molecule is CC1(C)CCC[C@]2(C)[C@@H]1CC[C@@](C)(O)[C@H]2CO. The third-order valence-corrected chi connectivity index (χ3v) is 5.94. The highest BCUT2D eigenvalue weighted by Crippen LogP contribution is 2.61. The van der Waals surface area contributed by atoms with Gasteiger partial charge in [-0.25, -0.2) is 0 Å². The Hall–Kier alpha value is -0.0800. The van der Waals surface area contributed by atoms with Gasteiger partial charge in [-0.1, -0.05) is 27.2 Å². The Morgan fingerprint density at radius 2 is 1.71 bits per heavy atom. The topological polar surface area (TPSA) is 40.5 Å². The maximum atomic E-state index is 10.5. The number of rotatable bonds is 1. The minimum Gasteiger partial charge on any atom is -0.396 e. The van der Waals surface area contributed by atoms with Gasteiger partial charge in [0, 0.05) is 12.5 Å². The lowest BCUT2D eigenvalue weighted by Gasteiger charge is -2.60. The molecule has 2 saturated carbocycles. The number of aliphatic hydroxyl groups is 2. The highest BCUT2D eigenvalue weighted by molar-refractivity contribution is 5.07. The normalized spacial score (nSPS) is 49.8. The van der Waals surface area contributed by atoms with Gasteiger partial charge in [-0.05, 0) is 49.4 Å². The van der Waals surface area contributed by atoms with E-state index < -0.39 is 5.60 Å². The summed E-state index contributed by atoms with van der Waals surface area (Å²) in [5.41, 5.74) is -0.220. The van der Waals surface area contributed by atoms with Crippen LogP contribution < -0.4 is 0 Å². The Balaban J connectivity index is 2.37. The maximum Gasteiger partial charge on any atom is 0.0675 e. The van der Waals surface area contributed by atoms with E-state index in [0.717, 1.165) is 19.3 Å². The van der Waals surface area contributed by atoms with Crippen LogP contribution in [0.25, 0.3) is 0 Å². The second kappa shape index (κ2) is 3.96. The average Bonchev–Trinajstić information content (AvgIpc) is 2.14. The Morgan fingerprint density at radius 1 is 1.06 bits per heavy atom. The number of aliphatic hydroxyl groups excluding tert-OH is 1. The Kier molecular flexibility index (Phi) is 3.11. The summed E-state index contributed by atoms with van der Waals surface area (Å²) in [6.45, 7) is 9.06. The fraction of sp³-hybridized carbons (Fsp3) is 1.00. The molecule has 2 nitrogen and oxygen atoms in total. The molecule has 0 spiro atoms. The van der Waals surface area contributed by atoms with E-state index >= 15 is 0 Å². The maximum absolute atomic E-state index is 10.5. The molecular formula is C15H28O2. The first-order valence-corrected chi connectivity index (χ1v) is 7.07. The van der Waals surface area contributed by atoms with Gasteiger partial charge >= 0.3 is 0 Å². The molecule has 0 heterocycles. The molecule has 2 fully saturated rings. The van der Waals surface area contributed by atoms with E-state index in [1.807, 2.05) is 6.92 Å². The lowest BCUT2D eigenvalue weighted by atomic mass is 9.46. The monoisotopic (exact) mass is 240 g/mol. The van der Waals surface area contributed by atoms with Crippen molar-refractivity contribution in [2.24, 2.45) is 22.7 Å². The highest BCUT2D eigenvalue weighted by Gasteiger charge is 2.57. The van der Waals surface area contributed by atoms with Crippen LogP contribution in [0.5, 0.6) is 0 Å². The molecule has 0 aromatic carbocycles. The van der Waals surface area contributed by atoms with Gasteiger partial charge in [0.25, 0.3) is 0 Å². The van der Waals surface area contributed by atoms with Crippen molar-refractivity contribution < 1.29 is 10.2 Å². The van der Waals surface area contributed by atoms with Crippen molar-refractivity contribution in [2.45, 2.75) is 65.4 Å². The summed E-state index contributed by atoms with van der Waals surface area (Å²) >= 11 is 0. The molecule has 4 atom stereocenters. The van der Waals surface area contributed by atoms with E-state index in [0.29, 0.717) is 11.3 Å². The summed E-state index contributed by atoms with van der Waals surface area (Å²) < 4.78 is 0. The van der Waals surface area contributed by atoms with E-state index in [-0.39, 0.29) is 17.9 Å². The van der Waals surface area contributed by atoms with Crippen molar-refractivity contribution in [3.8, 4) is 0 Å². The number of hydrogen-bond donors (Lipinski definition) is 2. The molecule has 2 N–H and O–H groups in total. The fourth-order valence-electron chi connectivity index (χ4n) is 5.03. The third-order valence-electron chi connectivity index (χ3n) is 5.94. The molecule has 0 saturated heterocycles. The summed E-state index contributed by atoms with van der Waals surface area (Å²) in [5.74, 6) is 0.675. The minimum absolute atomic E-state index is 0.0355. The first kappa shape index (κ1) is 13.4. The molecule has 2 aliphatic rings. The molecule has 0 bridgehead atoms. The molecule has 0 aromatic heterocycles. The summed E-state index contributed by atoms with van der Waals surface area (Å²) in [4.78, 5) is 0. The Labute approximate surface area is 105 Å². The molecule has 0 unspecified atom stereocenters. The van der Waals surface area contributed by atoms with Gasteiger partial charge < -0.3 is 10.2 Å². The second-order valence-corrected chi connectivity index (χ2v) is 7.53. The molecule has 100 valence electrons. The van der Waals surface area contributed by atoms with Crippen LogP contribution in [0.2, 0.25) is 0 Å². The smallest absolute Gasteiger partial charge is 0.0675 e. The van der Waals surface area contributed by atoms with Crippen LogP contribution in [0.1, 0.15) is 59.8 Å². The summed E-state index contributed by atoms with van der Waals surface area (Å²) in [6.07, 6.45) is 5.61. The third kappa shape index (κ3) is 1.94. The Bertz CT molecular complexity index is 283. The van der Waals surface area contributed by atoms with Crippen molar-refractivity contribution in [2.75, 3.05) is 6.61 Å². The van der Waals surface area contributed by atoms with Crippen molar-refractivity contribution in [1.82, 2.24) is 0 Å². The zero-order valence-electron chi connectivity index (χ0n) is 11.8. The molecule has 0 radical (unpaired) electrons. The van der Waals surface area contributed by atoms with E-state index in [9.17, 15) is 10.2 Å². The molecule has 0 aromatic rings. The van der Waals surface area contributed by atoms with Crippen LogP contribution in [0, 0.1) is 22.7 Å². The second-order valence-electron chi connectivity index (χ2n) is 7.53. The first-order chi connectivity index (χ1) is 7.74. The molecule has 0 aliphatic heterocycles. The predicted octanol–water partition coefficient (Wildman–Crippen LogP) is 2.97. The molecular weight excluding hydrogens is 212 g/mol. The number of fused-ring (bicyclic) bond motifs is 1. The van der Waals surface area contributed by atoms with Crippen LogP contribution in [0.4, 0.5) is 0 Å². The van der Waals surface area contributed by atoms with Crippen LogP contribution >= 0.6 is 0 Å². The van der Waals surface area contributed by atoms with E-state index in [4.69, 9.17) is 0 Å². The van der Waals surface area contributed by atoms with E-state index in [2.05, 4.69) is 20.8 Å². The average molecular weight is 240 g/mol. The van der Waals surface area contributed by atoms with Crippen LogP contribution in [0.3, 0.4) is 0 Å². The minimum atomic E-state index is -0.687. The Morgan fingerprint density at radius 3 is 2.29 bits per heavy atom. The quantitative estimate of drug-likeness (QED) is 0.740. The highest BCUT2D eigenvalue weighted by atomic mass is 16.3. The fourth-order valence-corrected chi connectivity index (χ4v) is 5.03. The van der Waals surface area contributed by atoms with Crippen LogP contribution in [0.15, 0.2) is 0 Å². The lowest BCUT2D eigenvalue weighted by molar-refractivity contribution is -0.178. The zero-order valence-corrected chi connectivity index (χ0v) is 11.8. The van der Waals surface area contributed by atoms with Crippen LogP contribution in [-0.2, 0) is 0 Å². The van der Waals surface area contributed by atoms with Gasteiger partial charge in [0.2, 0.25) is 0 Å². The van der Waals surface area contributed by atoms with Gasteiger partial charge in [0.1, 0.15) is 0 Å². The molecule has 2 aliphatic carbocycles. The van der Waals surface area contributed by atoms with Crippen LogP contribution in [-0.4, -0.2) is 22.4 Å². The van der Waals surface area contributed by atoms with Crippen molar-refractivity contribution in [3.05, 3.63) is 0 Å². The predicted molar refractivity (Wildman–Crippen MR) is 69.7 cm³/mol. The molecule has 2 heteroatoms. The first-order valence-electron chi connectivity index (χ1n) is 7.07. The standard InChI is InChI=1S/C15H28O2/c1-13(2)7-5-8-14(3)11(13)6-9-15(4,17)12(14)10-16/h11-12,16-17H,5-10H2,1-4H3/t11-,12+,14-,15-/m1/s1. The lowest BCUT2D eigenvalue weighted by Crippen LogP contribution is -2.58. The largest absolute Gasteiger partial charge is 0.396 e. The van der Waals surface area contributed by atoms with Gasteiger partial charge in [-0.15, -0.1) is 0 Å². The van der Waals surface area contributed by atoms with Crippen molar-refractivity contribution in [3.63, 3.8) is 0 Å². The summed E-state index contributed by atoms with van der Waals surface area (Å²) in [6, 6.07) is 0. The van der Waals surface area contributed by atoms with Gasteiger partial charge in [-0.3, -0.25) is 0 Å². The molecule has 17 heavy (non-hydrogen) atoms. The van der Waals surface area contributed by atoms with E-state index in [1.165, 1.54) is 12.8 Å². The van der Waals surface area contributed by atoms with Gasteiger partial charge in [0.15, 0.2) is 0 Å². The summed E-state index contributed by atoms with van der Waals surface area (Å²) in [7, 11) is 0. The van der Waals surface area contributed by atoms with E-state index in [1.54, 1.807) is 0 Å². The summed E-state index contributed by atoms with van der Waals surface area (Å²) in [5, 5.41) is 20.3. The zero-order chi connectivity index (χ0) is 12.9. The molecule has 0 amide bonds. The number of hydrogen-bond acceptors (Lipinski definition) is 2.